The van der Waals surface area contributed by atoms with Crippen molar-refractivity contribution in [2.75, 3.05) is 0 Å². The molecule has 0 unspecified atom stereocenters. The second-order valence-electron chi connectivity index (χ2n) is 13.0. The van der Waals surface area contributed by atoms with E-state index in [1.807, 2.05) is 34.9 Å². The molecule has 2 heteroatoms. The predicted octanol–water partition coefficient (Wildman–Crippen LogP) is 12.3. The van der Waals surface area contributed by atoms with Crippen molar-refractivity contribution in [3.8, 4) is 11.4 Å². The number of fused-ring (bicyclic) bond motifs is 6. The van der Waals surface area contributed by atoms with Crippen LogP contribution >= 0.6 is 0 Å². The minimum absolute atomic E-state index is 0.135. The molecule has 10 rings (SSSR count). The molecule has 2 nitrogen and oxygen atoms in total. The lowest BCUT2D eigenvalue weighted by atomic mass is 9.65. The Hall–Kier alpha value is -6.64. The third-order valence-electron chi connectivity index (χ3n) is 10.4. The fourth-order valence-corrected chi connectivity index (χ4v) is 8.24. The molecule has 10 aromatic rings. The minimum Gasteiger partial charge on any atom is -0.309 e. The molecule has 51 heavy (non-hydrogen) atoms. The van der Waals surface area contributed by atoms with Crippen molar-refractivity contribution < 1.29 is 6.85 Å². The molecule has 0 N–H and O–H groups in total. The van der Waals surface area contributed by atoms with Crippen molar-refractivity contribution in [1.82, 2.24) is 9.13 Å². The molecule has 0 atom stereocenters. The first-order chi connectivity index (χ1) is 27.4. The molecule has 0 aliphatic carbocycles. The van der Waals surface area contributed by atoms with Crippen molar-refractivity contribution in [3.63, 3.8) is 0 Å². The summed E-state index contributed by atoms with van der Waals surface area (Å²) in [6.07, 6.45) is 0. The zero-order valence-electron chi connectivity index (χ0n) is 32.6. The van der Waals surface area contributed by atoms with E-state index >= 15 is 0 Å². The van der Waals surface area contributed by atoms with Gasteiger partial charge in [0.05, 0.1) is 34.3 Å². The maximum absolute atomic E-state index is 8.86. The van der Waals surface area contributed by atoms with E-state index in [-0.39, 0.29) is 29.9 Å². The molecule has 8 aromatic carbocycles. The smallest absolute Gasteiger partial charge is 0.0702 e. The van der Waals surface area contributed by atoms with E-state index in [9.17, 15) is 0 Å². The lowest BCUT2D eigenvalue weighted by Gasteiger charge is -2.37. The summed E-state index contributed by atoms with van der Waals surface area (Å²) in [6.45, 7) is 0. The molecule has 2 aromatic heterocycles. The first-order valence-electron chi connectivity index (χ1n) is 19.7. The van der Waals surface area contributed by atoms with Gasteiger partial charge in [0.25, 0.3) is 0 Å². The lowest BCUT2D eigenvalue weighted by molar-refractivity contribution is 0.746. The summed E-state index contributed by atoms with van der Waals surface area (Å²) < 4.78 is 47.0. The minimum atomic E-state index is -0.624. The normalized spacial score (nSPS) is 13.3. The van der Waals surface area contributed by atoms with Gasteiger partial charge in [-0.15, -0.1) is 0 Å². The van der Waals surface area contributed by atoms with Crippen molar-refractivity contribution >= 4 is 43.6 Å². The van der Waals surface area contributed by atoms with Crippen molar-refractivity contribution in [1.29, 1.82) is 0 Å². The molecule has 2 heterocycles. The van der Waals surface area contributed by atoms with Gasteiger partial charge < -0.3 is 9.13 Å². The largest absolute Gasteiger partial charge is 0.309 e. The molecule has 240 valence electrons. The van der Waals surface area contributed by atoms with Crippen LogP contribution in [0.2, 0.25) is 0 Å². The Balaban J connectivity index is 1.28. The summed E-state index contributed by atoms with van der Waals surface area (Å²) in [6, 6.07) is 60.1. The highest BCUT2D eigenvalue weighted by Crippen LogP contribution is 2.47. The SMILES string of the molecule is [2H]c1c([2H])c([2H])c(-n2c3ccccc3c3cc(-n4c5ccccc5c5ccc(C(c6ccccc6)(c6ccccc6)c6ccccc6)cc54)ccc32)c([2H])c1[2H]. The third-order valence-corrected chi connectivity index (χ3v) is 10.4. The highest BCUT2D eigenvalue weighted by atomic mass is 15.0. The van der Waals surface area contributed by atoms with Gasteiger partial charge in [-0.1, -0.05) is 158 Å². The molecule has 0 aliphatic rings. The van der Waals surface area contributed by atoms with E-state index in [0.29, 0.717) is 0 Å². The first kappa shape index (κ1) is 24.5. The topological polar surface area (TPSA) is 9.86 Å². The van der Waals surface area contributed by atoms with Gasteiger partial charge in [0.2, 0.25) is 0 Å². The average molecular weight is 656 g/mol. The Labute approximate surface area is 304 Å². The van der Waals surface area contributed by atoms with Crippen LogP contribution in [0.4, 0.5) is 0 Å². The molecular formula is C49H34N2. The van der Waals surface area contributed by atoms with Crippen molar-refractivity contribution in [3.05, 3.63) is 228 Å². The zero-order valence-corrected chi connectivity index (χ0v) is 27.6. The first-order valence-corrected chi connectivity index (χ1v) is 17.2. The van der Waals surface area contributed by atoms with Gasteiger partial charge in [-0.2, -0.15) is 0 Å². The Bertz CT molecular complexity index is 3010. The number of benzene rings is 8. The number of nitrogens with zero attached hydrogens (tertiary/aromatic N) is 2. The summed E-state index contributed by atoms with van der Waals surface area (Å²) in [5, 5.41) is 4.11. The van der Waals surface area contributed by atoms with E-state index in [1.54, 1.807) is 0 Å². The van der Waals surface area contributed by atoms with Crippen molar-refractivity contribution in [2.24, 2.45) is 0 Å². The maximum atomic E-state index is 8.86. The van der Waals surface area contributed by atoms with Gasteiger partial charge in [-0.05, 0) is 70.7 Å². The van der Waals surface area contributed by atoms with Crippen LogP contribution in [0.15, 0.2) is 206 Å². The van der Waals surface area contributed by atoms with Crippen LogP contribution in [-0.2, 0) is 5.41 Å². The molecule has 0 bridgehead atoms. The fourth-order valence-electron chi connectivity index (χ4n) is 8.24. The second kappa shape index (κ2) is 11.8. The van der Waals surface area contributed by atoms with Crippen molar-refractivity contribution in [2.45, 2.75) is 5.41 Å². The fraction of sp³-hybridized carbons (Fsp3) is 0.0204. The Kier molecular flexibility index (Phi) is 5.64. The number of hydrogen-bond donors (Lipinski definition) is 0. The van der Waals surface area contributed by atoms with Gasteiger partial charge >= 0.3 is 0 Å². The highest BCUT2D eigenvalue weighted by Gasteiger charge is 2.38. The number of rotatable bonds is 6. The lowest BCUT2D eigenvalue weighted by Crippen LogP contribution is -2.31. The van der Waals surface area contributed by atoms with E-state index in [1.165, 1.54) is 16.7 Å². The summed E-state index contributed by atoms with van der Waals surface area (Å²) in [4.78, 5) is 0. The van der Waals surface area contributed by atoms with Gasteiger partial charge in [-0.3, -0.25) is 0 Å². The Morgan fingerprint density at radius 3 is 1.39 bits per heavy atom. The van der Waals surface area contributed by atoms with Gasteiger partial charge in [0.15, 0.2) is 0 Å². The van der Waals surface area contributed by atoms with E-state index < -0.39 is 11.5 Å². The van der Waals surface area contributed by atoms with Crippen LogP contribution in [0.25, 0.3) is 55.0 Å². The van der Waals surface area contributed by atoms with E-state index in [0.717, 1.165) is 54.9 Å². The Morgan fingerprint density at radius 1 is 0.333 bits per heavy atom. The number of hydrogen-bond acceptors (Lipinski definition) is 0. The molecule has 0 amide bonds. The van der Waals surface area contributed by atoms with Crippen LogP contribution in [-0.4, -0.2) is 9.13 Å². The average Bonchev–Trinajstić information content (AvgIpc) is 3.76. The highest BCUT2D eigenvalue weighted by molar-refractivity contribution is 6.12. The van der Waals surface area contributed by atoms with Gasteiger partial charge in [0.1, 0.15) is 0 Å². The third kappa shape index (κ3) is 4.43. The molecule has 0 spiro atoms. The van der Waals surface area contributed by atoms with Crippen LogP contribution < -0.4 is 0 Å². The molecule has 0 aliphatic heterocycles. The predicted molar refractivity (Wildman–Crippen MR) is 213 cm³/mol. The van der Waals surface area contributed by atoms with Gasteiger partial charge in [0, 0.05) is 32.9 Å². The zero-order chi connectivity index (χ0) is 38.1. The van der Waals surface area contributed by atoms with E-state index in [4.69, 9.17) is 6.85 Å². The Morgan fingerprint density at radius 2 is 0.804 bits per heavy atom. The summed E-state index contributed by atoms with van der Waals surface area (Å²) in [7, 11) is 0. The standard InChI is InChI=1S/C49H34N2/c1-5-17-35(18-6-1)49(36-19-7-2-8-20-36,37-21-9-3-10-22-37)38-29-31-43-41-25-13-15-27-45(41)51(48(43)33-38)40-30-32-47-44(34-40)42-26-14-16-28-46(42)50(47)39-23-11-4-12-24-39/h1-34H/i4D,11D,12D,23D,24D. The van der Waals surface area contributed by atoms with E-state index in [2.05, 4.69) is 150 Å². The maximum Gasteiger partial charge on any atom is 0.0702 e. The van der Waals surface area contributed by atoms with Crippen LogP contribution in [0.5, 0.6) is 0 Å². The number of aromatic nitrogens is 2. The summed E-state index contributed by atoms with van der Waals surface area (Å²) in [5.74, 6) is 0. The summed E-state index contributed by atoms with van der Waals surface area (Å²) >= 11 is 0. The second-order valence-corrected chi connectivity index (χ2v) is 13.0. The molecular weight excluding hydrogens is 617 g/mol. The molecule has 0 saturated heterocycles. The summed E-state index contributed by atoms with van der Waals surface area (Å²) in [5.41, 5.74) is 8.75. The van der Waals surface area contributed by atoms with Crippen LogP contribution in [0, 0.1) is 0 Å². The molecule has 0 radical (unpaired) electrons. The van der Waals surface area contributed by atoms with Crippen LogP contribution in [0.3, 0.4) is 0 Å². The van der Waals surface area contributed by atoms with Crippen LogP contribution in [0.1, 0.15) is 29.1 Å². The number of para-hydroxylation sites is 3. The molecule has 0 saturated carbocycles. The molecule has 0 fully saturated rings. The quantitative estimate of drug-likeness (QED) is 0.158. The monoisotopic (exact) mass is 655 g/mol. The van der Waals surface area contributed by atoms with Gasteiger partial charge in [-0.25, -0.2) is 0 Å².